The number of carbonyl (C=O) groups is 2. The lowest BCUT2D eigenvalue weighted by atomic mass is 10.2. The highest BCUT2D eigenvalue weighted by atomic mass is 32.2. The van der Waals surface area contributed by atoms with Crippen LogP contribution in [0.2, 0.25) is 0 Å². The van der Waals surface area contributed by atoms with E-state index in [9.17, 15) is 19.1 Å². The minimum atomic E-state index is -1.24. The molecule has 1 amide bonds. The summed E-state index contributed by atoms with van der Waals surface area (Å²) in [4.78, 5) is 24.4. The molecule has 0 saturated carbocycles. The largest absolute Gasteiger partial charge is 0.550 e. The second-order valence-electron chi connectivity index (χ2n) is 5.16. The molecule has 1 saturated heterocycles. The van der Waals surface area contributed by atoms with Crippen LogP contribution >= 0.6 is 24.0 Å². The van der Waals surface area contributed by atoms with Crippen molar-refractivity contribution < 1.29 is 23.5 Å². The average Bonchev–Trinajstić information content (AvgIpc) is 3.12. The van der Waals surface area contributed by atoms with E-state index >= 15 is 0 Å². The van der Waals surface area contributed by atoms with Crippen molar-refractivity contribution in [2.24, 2.45) is 0 Å². The Balaban J connectivity index is 1.77. The first kappa shape index (κ1) is 17.4. The van der Waals surface area contributed by atoms with Gasteiger partial charge < -0.3 is 14.3 Å². The predicted molar refractivity (Wildman–Crippen MR) is 93.6 cm³/mol. The highest BCUT2D eigenvalue weighted by Gasteiger charge is 2.31. The van der Waals surface area contributed by atoms with Crippen LogP contribution in [0.1, 0.15) is 12.2 Å². The van der Waals surface area contributed by atoms with Gasteiger partial charge in [0.15, 0.2) is 0 Å². The number of carbonyl (C=O) groups excluding carboxylic acids is 2. The van der Waals surface area contributed by atoms with Gasteiger partial charge in [-0.2, -0.15) is 0 Å². The van der Waals surface area contributed by atoms with E-state index < -0.39 is 5.97 Å². The fourth-order valence-electron chi connectivity index (χ4n) is 2.22. The first-order valence-electron chi connectivity index (χ1n) is 7.25. The Morgan fingerprint density at radius 1 is 1.28 bits per heavy atom. The third-order valence-electron chi connectivity index (χ3n) is 3.44. The van der Waals surface area contributed by atoms with E-state index in [-0.39, 0.29) is 24.7 Å². The van der Waals surface area contributed by atoms with Crippen LogP contribution in [0.3, 0.4) is 0 Å². The Morgan fingerprint density at radius 2 is 2.00 bits per heavy atom. The first-order valence-corrected chi connectivity index (χ1v) is 8.47. The van der Waals surface area contributed by atoms with E-state index in [4.69, 9.17) is 16.6 Å². The molecule has 0 unspecified atom stereocenters. The van der Waals surface area contributed by atoms with Crippen LogP contribution in [0.5, 0.6) is 0 Å². The van der Waals surface area contributed by atoms with Crippen molar-refractivity contribution in [2.45, 2.75) is 6.42 Å². The lowest BCUT2D eigenvalue weighted by Gasteiger charge is -2.14. The Morgan fingerprint density at radius 3 is 2.68 bits per heavy atom. The van der Waals surface area contributed by atoms with E-state index in [0.29, 0.717) is 26.3 Å². The summed E-state index contributed by atoms with van der Waals surface area (Å²) in [6, 6.07) is 9.26. The number of amides is 1. The fourth-order valence-corrected chi connectivity index (χ4v) is 3.51. The van der Waals surface area contributed by atoms with Gasteiger partial charge >= 0.3 is 0 Å². The maximum absolute atomic E-state index is 13.0. The second-order valence-corrected chi connectivity index (χ2v) is 6.84. The van der Waals surface area contributed by atoms with Crippen LogP contribution < -0.4 is 5.11 Å². The third kappa shape index (κ3) is 3.97. The molecule has 5 nitrogen and oxygen atoms in total. The molecule has 1 aromatic carbocycles. The highest BCUT2D eigenvalue weighted by Crippen LogP contribution is 2.33. The monoisotopic (exact) mass is 376 g/mol. The quantitative estimate of drug-likeness (QED) is 0.589. The second kappa shape index (κ2) is 7.20. The molecule has 1 fully saturated rings. The SMILES string of the molecule is O=C([O-])CCN1C(=O)/C(=C/c2ccc(-c3ccc(F)cc3)o2)SC1=S. The van der Waals surface area contributed by atoms with Crippen LogP contribution in [0, 0.1) is 5.82 Å². The number of thioether (sulfide) groups is 1. The van der Waals surface area contributed by atoms with Crippen molar-refractivity contribution in [3.8, 4) is 11.3 Å². The molecule has 0 spiro atoms. The number of hydrogen-bond acceptors (Lipinski definition) is 6. The molecular weight excluding hydrogens is 365 g/mol. The van der Waals surface area contributed by atoms with Gasteiger partial charge in [0.05, 0.1) is 4.91 Å². The molecule has 2 aromatic rings. The summed E-state index contributed by atoms with van der Waals surface area (Å²) in [5.41, 5.74) is 0.711. The summed E-state index contributed by atoms with van der Waals surface area (Å²) in [5, 5.41) is 10.5. The number of aliphatic carboxylic acids is 1. The molecule has 0 aliphatic carbocycles. The summed E-state index contributed by atoms with van der Waals surface area (Å²) in [5.74, 6) is -0.960. The van der Waals surface area contributed by atoms with E-state index in [1.807, 2.05) is 0 Å². The Bertz CT molecular complexity index is 873. The number of nitrogens with zero attached hydrogens (tertiary/aromatic N) is 1. The molecule has 2 heterocycles. The summed E-state index contributed by atoms with van der Waals surface area (Å²) in [6.07, 6.45) is 1.26. The minimum absolute atomic E-state index is 0.0245. The van der Waals surface area contributed by atoms with Crippen molar-refractivity contribution >= 4 is 46.3 Å². The summed E-state index contributed by atoms with van der Waals surface area (Å²) >= 11 is 6.19. The average molecular weight is 376 g/mol. The van der Waals surface area contributed by atoms with Crippen LogP contribution in [0.15, 0.2) is 45.7 Å². The molecule has 25 heavy (non-hydrogen) atoms. The number of carboxylic acids is 1. The lowest BCUT2D eigenvalue weighted by molar-refractivity contribution is -0.305. The molecule has 0 bridgehead atoms. The molecule has 0 radical (unpaired) electrons. The Kier molecular flexibility index (Phi) is 5.00. The molecule has 128 valence electrons. The van der Waals surface area contributed by atoms with Crippen LogP contribution in [0.4, 0.5) is 4.39 Å². The lowest BCUT2D eigenvalue weighted by Crippen LogP contribution is -2.33. The molecule has 1 aliphatic heterocycles. The number of rotatable bonds is 5. The zero-order valence-electron chi connectivity index (χ0n) is 12.7. The van der Waals surface area contributed by atoms with Crippen molar-refractivity contribution in [1.29, 1.82) is 0 Å². The van der Waals surface area contributed by atoms with Gasteiger partial charge in [0.1, 0.15) is 21.7 Å². The summed E-state index contributed by atoms with van der Waals surface area (Å²) in [7, 11) is 0. The number of thiocarbonyl (C=S) groups is 1. The molecule has 1 aromatic heterocycles. The van der Waals surface area contributed by atoms with Crippen molar-refractivity contribution in [3.05, 3.63) is 52.9 Å². The first-order chi connectivity index (χ1) is 11.9. The van der Waals surface area contributed by atoms with Gasteiger partial charge in [-0.3, -0.25) is 9.69 Å². The molecular formula is C17H11FNO4S2-. The summed E-state index contributed by atoms with van der Waals surface area (Å²) < 4.78 is 18.9. The maximum Gasteiger partial charge on any atom is 0.266 e. The van der Waals surface area contributed by atoms with Crippen LogP contribution in [-0.2, 0) is 9.59 Å². The third-order valence-corrected chi connectivity index (χ3v) is 4.82. The van der Waals surface area contributed by atoms with Gasteiger partial charge in [-0.15, -0.1) is 0 Å². The zero-order chi connectivity index (χ0) is 18.0. The number of benzene rings is 1. The van der Waals surface area contributed by atoms with Gasteiger partial charge in [0, 0.05) is 30.6 Å². The number of carboxylic acid groups (broad SMARTS) is 1. The van der Waals surface area contributed by atoms with E-state index in [2.05, 4.69) is 0 Å². The molecule has 1 aliphatic rings. The topological polar surface area (TPSA) is 73.6 Å². The predicted octanol–water partition coefficient (Wildman–Crippen LogP) is 2.43. The van der Waals surface area contributed by atoms with Gasteiger partial charge in [0.25, 0.3) is 5.91 Å². The summed E-state index contributed by atoms with van der Waals surface area (Å²) in [6.45, 7) is -0.0245. The fraction of sp³-hybridized carbons (Fsp3) is 0.118. The molecule has 3 rings (SSSR count). The van der Waals surface area contributed by atoms with Gasteiger partial charge in [-0.05, 0) is 36.4 Å². The van der Waals surface area contributed by atoms with E-state index in [0.717, 1.165) is 11.8 Å². The number of halogens is 1. The standard InChI is InChI=1S/C17H12FNO4S2/c18-11-3-1-10(2-4-11)13-6-5-12(23-13)9-14-16(22)19(17(24)25-14)8-7-15(20)21/h1-6,9H,7-8H2,(H,20,21)/p-1/b14-9-. The minimum Gasteiger partial charge on any atom is -0.550 e. The molecule has 0 N–H and O–H groups in total. The number of furan rings is 1. The maximum atomic E-state index is 13.0. The Labute approximate surface area is 152 Å². The zero-order valence-corrected chi connectivity index (χ0v) is 14.4. The normalized spacial score (nSPS) is 16.0. The van der Waals surface area contributed by atoms with Crippen molar-refractivity contribution in [3.63, 3.8) is 0 Å². The number of hydrogen-bond donors (Lipinski definition) is 0. The van der Waals surface area contributed by atoms with Gasteiger partial charge in [-0.1, -0.05) is 24.0 Å². The van der Waals surface area contributed by atoms with Gasteiger partial charge in [0.2, 0.25) is 0 Å². The van der Waals surface area contributed by atoms with E-state index in [1.54, 1.807) is 30.3 Å². The van der Waals surface area contributed by atoms with Crippen molar-refractivity contribution in [2.75, 3.05) is 6.54 Å². The highest BCUT2D eigenvalue weighted by molar-refractivity contribution is 8.26. The van der Waals surface area contributed by atoms with Crippen LogP contribution in [-0.4, -0.2) is 27.6 Å². The molecule has 0 atom stereocenters. The van der Waals surface area contributed by atoms with Crippen LogP contribution in [0.25, 0.3) is 17.4 Å². The Hall–Kier alpha value is -2.45. The smallest absolute Gasteiger partial charge is 0.266 e. The molecule has 8 heteroatoms. The van der Waals surface area contributed by atoms with Crippen molar-refractivity contribution in [1.82, 2.24) is 4.90 Å². The van der Waals surface area contributed by atoms with E-state index in [1.165, 1.54) is 17.0 Å². The van der Waals surface area contributed by atoms with Gasteiger partial charge in [-0.25, -0.2) is 4.39 Å².